The second kappa shape index (κ2) is 15.5. The first kappa shape index (κ1) is 23.9. The average molecular weight is 345 g/mol. The van der Waals surface area contributed by atoms with Crippen LogP contribution in [0.1, 0.15) is 20.8 Å². The number of carbonyl (C=O) groups excluding carboxylic acids is 3. The van der Waals surface area contributed by atoms with Crippen LogP contribution in [0.25, 0.3) is 4.85 Å². The molecule has 0 bridgehead atoms. The van der Waals surface area contributed by atoms with Crippen LogP contribution in [0.15, 0.2) is 0 Å². The smallest absolute Gasteiger partial charge is 0.400 e. The molecule has 0 aliphatic heterocycles. The van der Waals surface area contributed by atoms with Crippen molar-refractivity contribution in [2.45, 2.75) is 27.2 Å². The van der Waals surface area contributed by atoms with Crippen molar-refractivity contribution < 1.29 is 23.9 Å². The Hall–Kier alpha value is -2.38. The predicted octanol–water partition coefficient (Wildman–Crippen LogP) is -0.270. The molecule has 0 saturated heterocycles. The third-order valence-electron chi connectivity index (χ3n) is 2.40. The fourth-order valence-electron chi connectivity index (χ4n) is 1.21. The van der Waals surface area contributed by atoms with E-state index in [4.69, 9.17) is 16.0 Å². The van der Waals surface area contributed by atoms with Gasteiger partial charge in [0, 0.05) is 21.1 Å². The molecule has 0 heterocycles. The lowest BCUT2D eigenvalue weighted by molar-refractivity contribution is -0.180. The number of hydrogen-bond donors (Lipinski definition) is 3. The Morgan fingerprint density at radius 3 is 2.17 bits per heavy atom. The number of amides is 3. The van der Waals surface area contributed by atoms with Crippen LogP contribution in [0.3, 0.4) is 0 Å². The van der Waals surface area contributed by atoms with Crippen molar-refractivity contribution in [3.8, 4) is 0 Å². The van der Waals surface area contributed by atoms with E-state index in [-0.39, 0.29) is 19.1 Å². The van der Waals surface area contributed by atoms with Crippen LogP contribution < -0.4 is 16.0 Å². The van der Waals surface area contributed by atoms with Gasteiger partial charge < -0.3 is 30.3 Å². The van der Waals surface area contributed by atoms with Gasteiger partial charge in [0.1, 0.15) is 0 Å². The number of nitrogens with one attached hydrogen (secondary N) is 3. The van der Waals surface area contributed by atoms with E-state index in [0.717, 1.165) is 18.0 Å². The molecule has 138 valence electrons. The first-order chi connectivity index (χ1) is 11.3. The molecule has 0 fully saturated rings. The molecule has 10 nitrogen and oxygen atoms in total. The third kappa shape index (κ3) is 13.3. The SMILES string of the molecule is CCNCC.[C-]#[N+]CC(=O)N(C)C(OC)OC(=O)NCNC(C)=O. The summed E-state index contributed by atoms with van der Waals surface area (Å²) in [5.41, 5.74) is 0. The standard InChI is InChI=1S/C10H16N4O5.C4H11N/c1-7(15)12-6-13-9(17)19-10(18-4)14(3)8(16)5-11-2;1-3-5-4-2/h10H,5-6H2,1,3-4H3,(H,12,15)(H,13,17);5H,3-4H2,1-2H3. The molecule has 1 atom stereocenters. The molecule has 0 saturated carbocycles. The molecule has 24 heavy (non-hydrogen) atoms. The van der Waals surface area contributed by atoms with Gasteiger partial charge in [0.15, 0.2) is 0 Å². The lowest BCUT2D eigenvalue weighted by Gasteiger charge is -2.24. The van der Waals surface area contributed by atoms with Crippen LogP contribution in [0.5, 0.6) is 0 Å². The Bertz CT molecular complexity index is 422. The normalized spacial score (nSPS) is 10.3. The van der Waals surface area contributed by atoms with E-state index in [9.17, 15) is 14.4 Å². The number of hydrogen-bond acceptors (Lipinski definition) is 6. The van der Waals surface area contributed by atoms with E-state index in [2.05, 4.69) is 34.6 Å². The molecule has 3 N–H and O–H groups in total. The van der Waals surface area contributed by atoms with Crippen molar-refractivity contribution >= 4 is 17.9 Å². The quantitative estimate of drug-likeness (QED) is 0.412. The summed E-state index contributed by atoms with van der Waals surface area (Å²) < 4.78 is 9.60. The van der Waals surface area contributed by atoms with E-state index in [0.29, 0.717) is 0 Å². The van der Waals surface area contributed by atoms with Gasteiger partial charge in [0.25, 0.3) is 13.0 Å². The summed E-state index contributed by atoms with van der Waals surface area (Å²) in [4.78, 5) is 37.2. The van der Waals surface area contributed by atoms with Crippen LogP contribution in [-0.2, 0) is 19.1 Å². The van der Waals surface area contributed by atoms with Gasteiger partial charge in [-0.2, -0.15) is 0 Å². The number of methoxy groups -OCH3 is 1. The molecule has 0 spiro atoms. The van der Waals surface area contributed by atoms with Crippen molar-refractivity contribution in [1.82, 2.24) is 20.9 Å². The van der Waals surface area contributed by atoms with Gasteiger partial charge in [-0.05, 0) is 13.1 Å². The van der Waals surface area contributed by atoms with E-state index in [1.807, 2.05) is 0 Å². The number of alkyl carbamates (subject to hydrolysis) is 1. The Kier molecular flexibility index (Phi) is 15.4. The zero-order chi connectivity index (χ0) is 19.0. The Labute approximate surface area is 142 Å². The first-order valence-corrected chi connectivity index (χ1v) is 7.35. The number of likely N-dealkylation sites (N-methyl/N-ethyl adjacent to an activating group) is 1. The minimum atomic E-state index is -1.24. The fourth-order valence-corrected chi connectivity index (χ4v) is 1.21. The first-order valence-electron chi connectivity index (χ1n) is 7.35. The van der Waals surface area contributed by atoms with Gasteiger partial charge in [-0.3, -0.25) is 14.5 Å². The summed E-state index contributed by atoms with van der Waals surface area (Å²) in [5.74, 6) is -0.857. The maximum atomic E-state index is 11.4. The van der Waals surface area contributed by atoms with E-state index < -0.39 is 18.4 Å². The maximum Gasteiger partial charge on any atom is 0.412 e. The lowest BCUT2D eigenvalue weighted by atomic mass is 10.5. The van der Waals surface area contributed by atoms with Crippen molar-refractivity contribution in [3.05, 3.63) is 11.4 Å². The minimum Gasteiger partial charge on any atom is -0.400 e. The van der Waals surface area contributed by atoms with Crippen molar-refractivity contribution in [1.29, 1.82) is 0 Å². The van der Waals surface area contributed by atoms with Gasteiger partial charge in [-0.1, -0.05) is 13.8 Å². The number of carbonyl (C=O) groups is 3. The monoisotopic (exact) mass is 345 g/mol. The predicted molar refractivity (Wildman–Crippen MR) is 87.6 cm³/mol. The van der Waals surface area contributed by atoms with Crippen molar-refractivity contribution in [3.63, 3.8) is 0 Å². The highest BCUT2D eigenvalue weighted by molar-refractivity contribution is 5.79. The van der Waals surface area contributed by atoms with Crippen molar-refractivity contribution in [2.75, 3.05) is 40.5 Å². The molecule has 0 aromatic heterocycles. The summed E-state index contributed by atoms with van der Waals surface area (Å²) in [6.45, 7) is 13.8. The summed E-state index contributed by atoms with van der Waals surface area (Å²) >= 11 is 0. The van der Waals surface area contributed by atoms with Crippen LogP contribution in [0.2, 0.25) is 0 Å². The molecule has 0 aliphatic carbocycles. The van der Waals surface area contributed by atoms with Crippen molar-refractivity contribution in [2.24, 2.45) is 0 Å². The van der Waals surface area contributed by atoms with Crippen LogP contribution in [0, 0.1) is 6.57 Å². The number of nitrogens with zero attached hydrogens (tertiary/aromatic N) is 2. The molecule has 0 rings (SSSR count). The third-order valence-corrected chi connectivity index (χ3v) is 2.40. The zero-order valence-electron chi connectivity index (χ0n) is 14.8. The molecule has 0 aliphatic rings. The van der Waals surface area contributed by atoms with Gasteiger partial charge in [0.05, 0.1) is 6.67 Å². The summed E-state index contributed by atoms with van der Waals surface area (Å²) in [6, 6.07) is 0. The zero-order valence-corrected chi connectivity index (χ0v) is 14.8. The Morgan fingerprint density at radius 2 is 1.79 bits per heavy atom. The number of rotatable bonds is 8. The highest BCUT2D eigenvalue weighted by atomic mass is 16.7. The largest absolute Gasteiger partial charge is 0.412 e. The minimum absolute atomic E-state index is 0.107. The van der Waals surface area contributed by atoms with Gasteiger partial charge >= 0.3 is 12.0 Å². The van der Waals surface area contributed by atoms with Gasteiger partial charge in [0.2, 0.25) is 5.91 Å². The highest BCUT2D eigenvalue weighted by Gasteiger charge is 2.24. The highest BCUT2D eigenvalue weighted by Crippen LogP contribution is 2.01. The molecule has 3 amide bonds. The Morgan fingerprint density at radius 1 is 1.21 bits per heavy atom. The summed E-state index contributed by atoms with van der Waals surface area (Å²) in [5, 5.41) is 7.67. The summed E-state index contributed by atoms with van der Waals surface area (Å²) in [7, 11) is 2.58. The maximum absolute atomic E-state index is 11.4. The molecule has 1 unspecified atom stereocenters. The Balaban J connectivity index is 0. The molecule has 0 aromatic carbocycles. The van der Waals surface area contributed by atoms with Crippen LogP contribution in [0.4, 0.5) is 4.79 Å². The lowest BCUT2D eigenvalue weighted by Crippen LogP contribution is -2.45. The van der Waals surface area contributed by atoms with E-state index in [1.54, 1.807) is 0 Å². The second-order valence-corrected chi connectivity index (χ2v) is 4.31. The van der Waals surface area contributed by atoms with Gasteiger partial charge in [-0.25, -0.2) is 11.4 Å². The molecule has 10 heteroatoms. The summed E-state index contributed by atoms with van der Waals surface area (Å²) in [6.07, 6.45) is -2.12. The molecular weight excluding hydrogens is 318 g/mol. The van der Waals surface area contributed by atoms with Gasteiger partial charge in [-0.15, -0.1) is 0 Å². The molecule has 0 radical (unpaired) electrons. The van der Waals surface area contributed by atoms with Crippen LogP contribution >= 0.6 is 0 Å². The molecule has 0 aromatic rings. The molecular formula is C14H27N5O5. The van der Waals surface area contributed by atoms with Crippen LogP contribution in [-0.4, -0.2) is 69.7 Å². The topological polar surface area (TPSA) is 113 Å². The van der Waals surface area contributed by atoms with E-state index in [1.165, 1.54) is 21.1 Å². The number of ether oxygens (including phenoxy) is 2. The average Bonchev–Trinajstić information content (AvgIpc) is 2.53. The van der Waals surface area contributed by atoms with E-state index >= 15 is 0 Å². The fraction of sp³-hybridized carbons (Fsp3) is 0.714. The second-order valence-electron chi connectivity index (χ2n) is 4.31.